The Morgan fingerprint density at radius 2 is 0.700 bits per heavy atom. The summed E-state index contributed by atoms with van der Waals surface area (Å²) < 4.78 is 75.0. The van der Waals surface area contributed by atoms with Crippen LogP contribution < -0.4 is 48.5 Å². The molecule has 0 unspecified atom stereocenters. The Balaban J connectivity index is 0.000000156. The number of hydrogen-bond donors (Lipinski definition) is 2. The van der Waals surface area contributed by atoms with E-state index in [0.29, 0.717) is 27.8 Å². The predicted octanol–water partition coefficient (Wildman–Crippen LogP) is 17.1. The van der Waals surface area contributed by atoms with E-state index in [1.807, 2.05) is 165 Å². The highest BCUT2D eigenvalue weighted by Gasteiger charge is 2.46. The molecule has 0 saturated carbocycles. The zero-order valence-electron chi connectivity index (χ0n) is 59.5. The molecule has 4 aliphatic heterocycles. The number of rotatable bonds is 14. The third kappa shape index (κ3) is 14.1. The molecule has 100 heavy (non-hydrogen) atoms. The second kappa shape index (κ2) is 28.9. The molecule has 0 radical (unpaired) electrons. The molecule has 0 spiro atoms. The Labute approximate surface area is 585 Å². The lowest BCUT2D eigenvalue weighted by atomic mass is 9.85. The predicted molar refractivity (Wildman–Crippen MR) is 393 cm³/mol. The number of phenols is 1. The van der Waals surface area contributed by atoms with Crippen LogP contribution >= 0.6 is 0 Å². The standard InChI is InChI=1S/C21H22FNO4S.C20H20FNO2.C20H22N2O2.C20H21NO3/c1-12-7-8-17(10-19(12)27-28(22,24)25)21-15(4)16(5)23(21)18-9-13(2)14(3)20(11-18)26-6;2*1-11-6-7-15(9-17(11)21)19-14(4)20(23)22(19)16-8-12(2)13(3)18(10-16)24-5;1-11-6-7-15(9-17(11)22)19-14(4)20(23)21(19)16-8-12(2)13(3)18(10-16)24-5/h7-11,21H,4-5H2,1-3,6H3;6-10,19H,4H2,1-3,5H3;6-10,19H,4,21H2,1-3,5H3;6-10,19,22H,4H2,1-3,5H3/t21-;3*19-/m1111/s1. The van der Waals surface area contributed by atoms with Gasteiger partial charge in [0.2, 0.25) is 0 Å². The van der Waals surface area contributed by atoms with E-state index in [9.17, 15) is 36.2 Å². The molecule has 3 N–H and O–H groups in total. The van der Waals surface area contributed by atoms with Crippen molar-refractivity contribution in [1.82, 2.24) is 0 Å². The van der Waals surface area contributed by atoms with E-state index in [1.165, 1.54) is 12.1 Å². The van der Waals surface area contributed by atoms with Gasteiger partial charge in [-0.15, -0.1) is 0 Å². The topological polar surface area (TPSA) is 191 Å². The van der Waals surface area contributed by atoms with Gasteiger partial charge >= 0.3 is 10.5 Å². The summed E-state index contributed by atoms with van der Waals surface area (Å²) in [6, 6.07) is 35.8. The van der Waals surface area contributed by atoms with Crippen molar-refractivity contribution in [1.29, 1.82) is 0 Å². The highest BCUT2D eigenvalue weighted by molar-refractivity contribution is 7.81. The summed E-state index contributed by atoms with van der Waals surface area (Å²) in [6.07, 6.45) is 0. The van der Waals surface area contributed by atoms with E-state index in [0.717, 1.165) is 141 Å². The Hall–Kier alpha value is -10.9. The van der Waals surface area contributed by atoms with Crippen LogP contribution in [0.5, 0.6) is 34.5 Å². The Morgan fingerprint density at radius 1 is 0.390 bits per heavy atom. The molecule has 4 heterocycles. The summed E-state index contributed by atoms with van der Waals surface area (Å²) in [6.45, 7) is 43.0. The number of halogens is 2. The SMILES string of the molecule is C=C1C(=C)N(c2cc(C)c(C)c(OC)c2)[C@H]1c1ccc(C)c(OS(=O)(=O)F)c1.C=C1C(=O)N(c2cc(C)c(C)c(OC)c2)[C@H]1c1ccc(C)c(F)c1.C=C1C(=O)N(c2cc(C)c(C)c(OC)c2)[C@H]1c1ccc(C)c(N)c1.C=C1C(=O)N(c2cc(C)c(C)c(OC)c2)[C@H]1c1ccc(C)c(O)c1. The van der Waals surface area contributed by atoms with E-state index in [4.69, 9.17) is 24.7 Å². The molecule has 3 amide bonds. The fraction of sp³-hybridized carbons (Fsp3) is 0.247. The zero-order chi connectivity index (χ0) is 73.6. The van der Waals surface area contributed by atoms with Crippen molar-refractivity contribution >= 4 is 56.7 Å². The maximum Gasteiger partial charge on any atom is 0.488 e. The smallest absolute Gasteiger partial charge is 0.488 e. The minimum absolute atomic E-state index is 0.0528. The number of nitrogen functional groups attached to an aromatic ring is 1. The molecule has 4 aliphatic rings. The number of carbonyl (C=O) groups is 3. The van der Waals surface area contributed by atoms with Gasteiger partial charge in [0, 0.05) is 75.1 Å². The first-order chi connectivity index (χ1) is 47.1. The van der Waals surface area contributed by atoms with Crippen LogP contribution in [0.2, 0.25) is 0 Å². The third-order valence-electron chi connectivity index (χ3n) is 19.3. The number of nitrogens with zero attached hydrogens (tertiary/aromatic N) is 4. The van der Waals surface area contributed by atoms with Gasteiger partial charge in [-0.2, -0.15) is 8.42 Å². The summed E-state index contributed by atoms with van der Waals surface area (Å²) >= 11 is 0. The molecule has 0 bridgehead atoms. The van der Waals surface area contributed by atoms with Crippen molar-refractivity contribution in [3.63, 3.8) is 0 Å². The Kier molecular flexibility index (Phi) is 21.2. The Morgan fingerprint density at radius 3 is 1.04 bits per heavy atom. The summed E-state index contributed by atoms with van der Waals surface area (Å²) in [5, 5.41) is 9.99. The number of methoxy groups -OCH3 is 4. The van der Waals surface area contributed by atoms with Crippen LogP contribution in [0.15, 0.2) is 182 Å². The first-order valence-electron chi connectivity index (χ1n) is 32.1. The number of carbonyl (C=O) groups excluding carboxylic acids is 3. The molecule has 12 rings (SSSR count). The summed E-state index contributed by atoms with van der Waals surface area (Å²) in [5.41, 5.74) is 27.7. The number of amides is 3. The van der Waals surface area contributed by atoms with Gasteiger partial charge in [0.05, 0.1) is 52.6 Å². The van der Waals surface area contributed by atoms with Gasteiger partial charge in [-0.3, -0.25) is 29.1 Å². The molecule has 520 valence electrons. The van der Waals surface area contributed by atoms with Crippen LogP contribution in [0.4, 0.5) is 36.7 Å². The normalized spacial score (nSPS) is 16.9. The molecule has 8 aromatic rings. The van der Waals surface area contributed by atoms with E-state index in [-0.39, 0.29) is 59.2 Å². The lowest BCUT2D eigenvalue weighted by molar-refractivity contribution is -0.119. The highest BCUT2D eigenvalue weighted by Crippen LogP contribution is 2.51. The first kappa shape index (κ1) is 73.3. The summed E-state index contributed by atoms with van der Waals surface area (Å²) in [5.74, 6) is 2.58. The molecular formula is C81H85F2N5O11S. The van der Waals surface area contributed by atoms with Crippen LogP contribution in [0, 0.1) is 88.9 Å². The molecule has 4 atom stereocenters. The number of nitrogens with two attached hydrogens (primary N) is 1. The minimum Gasteiger partial charge on any atom is -0.508 e. The van der Waals surface area contributed by atoms with Gasteiger partial charge in [0.1, 0.15) is 40.3 Å². The molecular weight excluding hydrogens is 1290 g/mol. The summed E-state index contributed by atoms with van der Waals surface area (Å²) in [7, 11) is 1.38. The lowest BCUT2D eigenvalue weighted by Gasteiger charge is -2.47. The largest absolute Gasteiger partial charge is 0.508 e. The van der Waals surface area contributed by atoms with Crippen LogP contribution in [-0.4, -0.2) is 59.7 Å². The minimum atomic E-state index is -5.11. The van der Waals surface area contributed by atoms with Crippen molar-refractivity contribution in [2.45, 2.75) is 107 Å². The maximum atomic E-state index is 13.9. The van der Waals surface area contributed by atoms with Crippen LogP contribution in [0.25, 0.3) is 0 Å². The molecule has 4 saturated heterocycles. The average Bonchev–Trinajstić information content (AvgIpc) is 0.760. The fourth-order valence-corrected chi connectivity index (χ4v) is 12.9. The number of ether oxygens (including phenoxy) is 4. The molecule has 0 aromatic heterocycles. The van der Waals surface area contributed by atoms with Gasteiger partial charge in [-0.1, -0.05) is 85.3 Å². The monoisotopic (exact) mass is 1370 g/mol. The number of aryl methyl sites for hydroxylation is 8. The van der Waals surface area contributed by atoms with Crippen LogP contribution in [-0.2, 0) is 24.9 Å². The van der Waals surface area contributed by atoms with Crippen molar-refractivity contribution in [3.05, 3.63) is 277 Å². The van der Waals surface area contributed by atoms with E-state index < -0.39 is 10.5 Å². The number of aromatic hydroxyl groups is 1. The van der Waals surface area contributed by atoms with Gasteiger partial charge in [0.25, 0.3) is 17.7 Å². The van der Waals surface area contributed by atoms with Crippen molar-refractivity contribution in [3.8, 4) is 34.5 Å². The quantitative estimate of drug-likeness (QED) is 0.0453. The second-order valence-corrected chi connectivity index (χ2v) is 26.5. The molecule has 19 heteroatoms. The highest BCUT2D eigenvalue weighted by atomic mass is 32.3. The van der Waals surface area contributed by atoms with Gasteiger partial charge in [-0.05, 0) is 226 Å². The Bertz CT molecular complexity index is 4530. The first-order valence-corrected chi connectivity index (χ1v) is 33.4. The number of phenolic OH excluding ortho intramolecular Hbond substituents is 1. The molecule has 8 aromatic carbocycles. The van der Waals surface area contributed by atoms with Crippen LogP contribution in [0.1, 0.15) is 113 Å². The number of hydrogen-bond acceptors (Lipinski definition) is 13. The van der Waals surface area contributed by atoms with Crippen LogP contribution in [0.3, 0.4) is 0 Å². The fourth-order valence-electron chi connectivity index (χ4n) is 12.5. The van der Waals surface area contributed by atoms with Gasteiger partial charge < -0.3 is 38.9 Å². The summed E-state index contributed by atoms with van der Waals surface area (Å²) in [4.78, 5) is 44.3. The average molecular weight is 1370 g/mol. The van der Waals surface area contributed by atoms with Crippen molar-refractivity contribution in [2.24, 2.45) is 0 Å². The number of β-lactam (4-membered cyclic amide) rings is 3. The number of anilines is 5. The molecule has 0 aliphatic carbocycles. The van der Waals surface area contributed by atoms with Gasteiger partial charge in [0.15, 0.2) is 0 Å². The third-order valence-corrected chi connectivity index (χ3v) is 19.7. The molecule has 4 fully saturated rings. The van der Waals surface area contributed by atoms with Crippen molar-refractivity contribution < 1.29 is 59.3 Å². The second-order valence-electron chi connectivity index (χ2n) is 25.6. The van der Waals surface area contributed by atoms with Gasteiger partial charge in [-0.25, -0.2) is 4.39 Å². The zero-order valence-corrected chi connectivity index (χ0v) is 60.3. The van der Waals surface area contributed by atoms with Crippen molar-refractivity contribution in [2.75, 3.05) is 53.8 Å². The number of benzene rings is 8. The van der Waals surface area contributed by atoms with E-state index in [1.54, 1.807) is 75.2 Å². The van der Waals surface area contributed by atoms with E-state index >= 15 is 0 Å². The van der Waals surface area contributed by atoms with E-state index in [2.05, 4.69) is 37.1 Å². The maximum absolute atomic E-state index is 13.9. The lowest BCUT2D eigenvalue weighted by Crippen LogP contribution is -2.49. The molecule has 16 nitrogen and oxygen atoms in total.